The molecule has 3 aliphatic rings. The number of hydrogen-bond acceptors (Lipinski definition) is 9. The second kappa shape index (κ2) is 16.7. The minimum atomic E-state index is -0.570. The van der Waals surface area contributed by atoms with E-state index in [1.165, 1.54) is 0 Å². The van der Waals surface area contributed by atoms with Gasteiger partial charge in [0.1, 0.15) is 0 Å². The number of benzene rings is 3. The van der Waals surface area contributed by atoms with E-state index in [0.717, 1.165) is 55.6 Å². The molecule has 0 radical (unpaired) electrons. The number of hydrogen-bond donors (Lipinski definition) is 4. The second-order valence-electron chi connectivity index (χ2n) is 13.1. The number of anilines is 3. The molecule has 3 unspecified atom stereocenters. The third kappa shape index (κ3) is 9.66. The monoisotopic (exact) mass is 672 g/mol. The highest BCUT2D eigenvalue weighted by Gasteiger charge is 2.41. The number of likely N-dealkylation sites (tertiary alicyclic amines) is 1. The highest BCUT2D eigenvalue weighted by molar-refractivity contribution is 5.93. The van der Waals surface area contributed by atoms with Gasteiger partial charge in [-0.3, -0.25) is 9.59 Å². The van der Waals surface area contributed by atoms with E-state index in [2.05, 4.69) is 15.5 Å². The fraction of sp³-hybridized carbons (Fsp3) is 0.474. The lowest BCUT2D eigenvalue weighted by atomic mass is 9.98. The van der Waals surface area contributed by atoms with Gasteiger partial charge in [-0.1, -0.05) is 55.0 Å². The van der Waals surface area contributed by atoms with Gasteiger partial charge in [0.25, 0.3) is 0 Å². The number of carbonyl (C=O) groups excluding carboxylic acids is 2. The molecule has 3 aromatic rings. The van der Waals surface area contributed by atoms with Gasteiger partial charge in [-0.2, -0.15) is 0 Å². The molecule has 262 valence electrons. The van der Waals surface area contributed by atoms with E-state index >= 15 is 0 Å². The molecule has 49 heavy (non-hydrogen) atoms. The molecule has 3 saturated heterocycles. The smallest absolute Gasteiger partial charge is 0.224 e. The van der Waals surface area contributed by atoms with Crippen LogP contribution >= 0.6 is 0 Å². The number of ether oxygens (including phenoxy) is 4. The normalized spacial score (nSPS) is 22.2. The topological polar surface area (TPSA) is 145 Å². The van der Waals surface area contributed by atoms with Crippen molar-refractivity contribution < 1.29 is 33.6 Å². The molecule has 3 fully saturated rings. The van der Waals surface area contributed by atoms with Crippen LogP contribution in [0.4, 0.5) is 17.1 Å². The van der Waals surface area contributed by atoms with Crippen molar-refractivity contribution in [1.29, 1.82) is 0 Å². The lowest BCUT2D eigenvalue weighted by Crippen LogP contribution is -2.48. The van der Waals surface area contributed by atoms with Gasteiger partial charge in [0.15, 0.2) is 12.1 Å². The average molecular weight is 673 g/mol. The standard InChI is InChI=1S/C38H48N4O7/c39-32-6-4-5-7-33(32)41-36(45)9-3-1-2-8-35(44)40-30-16-14-29(15-17-30)37-48-31(24-34(49-37)28-12-10-27(26-43)11-13-28)25-42-20-18-38(19-21-42)46-22-23-47-38/h4-7,10-17,31,34,37,43H,1-3,8-9,18-26,39H2,(H,40,44)(H,41,45). The summed E-state index contributed by atoms with van der Waals surface area (Å²) in [5.41, 5.74) is 10.5. The molecule has 3 heterocycles. The first kappa shape index (κ1) is 35.0. The van der Waals surface area contributed by atoms with Crippen molar-refractivity contribution in [1.82, 2.24) is 4.90 Å². The maximum atomic E-state index is 12.6. The summed E-state index contributed by atoms with van der Waals surface area (Å²) in [6.45, 7) is 3.87. The van der Waals surface area contributed by atoms with Crippen LogP contribution in [0.25, 0.3) is 0 Å². The third-order valence-electron chi connectivity index (χ3n) is 9.52. The Morgan fingerprint density at radius 3 is 2.14 bits per heavy atom. The average Bonchev–Trinajstić information content (AvgIpc) is 3.58. The molecule has 2 amide bonds. The van der Waals surface area contributed by atoms with E-state index in [0.29, 0.717) is 62.4 Å². The van der Waals surface area contributed by atoms with Crippen molar-refractivity contribution in [3.63, 3.8) is 0 Å². The number of rotatable bonds is 13. The Morgan fingerprint density at radius 1 is 0.816 bits per heavy atom. The predicted molar refractivity (Wildman–Crippen MR) is 186 cm³/mol. The summed E-state index contributed by atoms with van der Waals surface area (Å²) in [7, 11) is 0. The van der Waals surface area contributed by atoms with Crippen molar-refractivity contribution in [2.45, 2.75) is 82.3 Å². The summed E-state index contributed by atoms with van der Waals surface area (Å²) in [6, 6.07) is 22.7. The van der Waals surface area contributed by atoms with Crippen molar-refractivity contribution >= 4 is 28.9 Å². The molecule has 11 heteroatoms. The molecule has 0 aliphatic carbocycles. The number of carbonyl (C=O) groups is 2. The minimum Gasteiger partial charge on any atom is -0.397 e. The number of unbranched alkanes of at least 4 members (excludes halogenated alkanes) is 2. The number of nitrogens with two attached hydrogens (primary N) is 1. The molecule has 3 atom stereocenters. The highest BCUT2D eigenvalue weighted by Crippen LogP contribution is 2.39. The van der Waals surface area contributed by atoms with Crippen molar-refractivity contribution in [2.24, 2.45) is 0 Å². The summed E-state index contributed by atoms with van der Waals surface area (Å²) >= 11 is 0. The molecule has 0 saturated carbocycles. The van der Waals surface area contributed by atoms with Crippen molar-refractivity contribution in [2.75, 3.05) is 49.2 Å². The summed E-state index contributed by atoms with van der Waals surface area (Å²) < 4.78 is 24.9. The van der Waals surface area contributed by atoms with Crippen LogP contribution in [-0.4, -0.2) is 66.6 Å². The van der Waals surface area contributed by atoms with Crippen LogP contribution in [0.3, 0.4) is 0 Å². The van der Waals surface area contributed by atoms with Crippen LogP contribution in [0, 0.1) is 0 Å². The van der Waals surface area contributed by atoms with Crippen LogP contribution in [0.5, 0.6) is 0 Å². The zero-order chi connectivity index (χ0) is 34.1. The fourth-order valence-electron chi connectivity index (χ4n) is 6.70. The zero-order valence-corrected chi connectivity index (χ0v) is 28.0. The number of piperidine rings is 1. The number of para-hydroxylation sites is 2. The van der Waals surface area contributed by atoms with Gasteiger partial charge < -0.3 is 45.3 Å². The van der Waals surface area contributed by atoms with Crippen LogP contribution in [-0.2, 0) is 35.1 Å². The van der Waals surface area contributed by atoms with Crippen LogP contribution in [0.2, 0.25) is 0 Å². The first-order valence-corrected chi connectivity index (χ1v) is 17.4. The van der Waals surface area contributed by atoms with E-state index in [-0.39, 0.29) is 30.6 Å². The van der Waals surface area contributed by atoms with Crippen molar-refractivity contribution in [3.8, 4) is 0 Å². The van der Waals surface area contributed by atoms with E-state index in [9.17, 15) is 14.7 Å². The Morgan fingerprint density at radius 2 is 1.47 bits per heavy atom. The summed E-state index contributed by atoms with van der Waals surface area (Å²) in [6.07, 6.45) is 4.51. The third-order valence-corrected chi connectivity index (χ3v) is 9.52. The van der Waals surface area contributed by atoms with E-state index < -0.39 is 12.1 Å². The first-order valence-electron chi connectivity index (χ1n) is 17.4. The van der Waals surface area contributed by atoms with Crippen LogP contribution in [0.1, 0.15) is 80.5 Å². The highest BCUT2D eigenvalue weighted by atomic mass is 16.7. The SMILES string of the molecule is Nc1ccccc1NC(=O)CCCCCC(=O)Nc1ccc(C2OC(CN3CCC4(CC3)OCCO4)CC(c3ccc(CO)cc3)O2)cc1. The number of nitrogens with zero attached hydrogens (tertiary/aromatic N) is 1. The van der Waals surface area contributed by atoms with Crippen molar-refractivity contribution in [3.05, 3.63) is 89.5 Å². The molecule has 11 nitrogen and oxygen atoms in total. The lowest BCUT2D eigenvalue weighted by Gasteiger charge is -2.41. The van der Waals surface area contributed by atoms with Crippen LogP contribution in [0.15, 0.2) is 72.8 Å². The minimum absolute atomic E-state index is 0.00287. The quantitative estimate of drug-likeness (QED) is 0.133. The molecular formula is C38H48N4O7. The molecule has 0 bridgehead atoms. The van der Waals surface area contributed by atoms with Gasteiger partial charge in [-0.25, -0.2) is 0 Å². The zero-order valence-electron chi connectivity index (χ0n) is 28.0. The maximum Gasteiger partial charge on any atom is 0.224 e. The number of aliphatic hydroxyl groups excluding tert-OH is 1. The molecule has 3 aromatic carbocycles. The lowest BCUT2D eigenvalue weighted by molar-refractivity contribution is -0.255. The molecule has 1 spiro atoms. The number of nitrogen functional groups attached to an aromatic ring is 1. The Hall–Kier alpha value is -3.84. The van der Waals surface area contributed by atoms with Gasteiger partial charge in [-0.15, -0.1) is 0 Å². The van der Waals surface area contributed by atoms with Gasteiger partial charge in [0, 0.05) is 63.0 Å². The van der Waals surface area contributed by atoms with Gasteiger partial charge in [-0.05, 0) is 48.2 Å². The summed E-state index contributed by atoms with van der Waals surface area (Å²) in [4.78, 5) is 27.3. The Bertz CT molecular complexity index is 1520. The Kier molecular flexibility index (Phi) is 11.9. The van der Waals surface area contributed by atoms with Gasteiger partial charge in [0.2, 0.25) is 11.8 Å². The van der Waals surface area contributed by atoms with E-state index in [1.807, 2.05) is 60.7 Å². The fourth-order valence-corrected chi connectivity index (χ4v) is 6.70. The second-order valence-corrected chi connectivity index (χ2v) is 13.1. The molecule has 3 aliphatic heterocycles. The Balaban J connectivity index is 0.988. The molecule has 6 rings (SSSR count). The van der Waals surface area contributed by atoms with E-state index in [4.69, 9.17) is 24.7 Å². The predicted octanol–water partition coefficient (Wildman–Crippen LogP) is 5.67. The largest absolute Gasteiger partial charge is 0.397 e. The Labute approximate surface area is 288 Å². The molecular weight excluding hydrogens is 624 g/mol. The first-order chi connectivity index (χ1) is 23.9. The van der Waals surface area contributed by atoms with Crippen LogP contribution < -0.4 is 16.4 Å². The van der Waals surface area contributed by atoms with E-state index in [1.54, 1.807) is 12.1 Å². The van der Waals surface area contributed by atoms with Gasteiger partial charge in [0.05, 0.1) is 43.4 Å². The summed E-state index contributed by atoms with van der Waals surface area (Å²) in [5.74, 6) is -0.567. The number of amides is 2. The molecule has 5 N–H and O–H groups in total. The number of aliphatic hydroxyl groups is 1. The summed E-state index contributed by atoms with van der Waals surface area (Å²) in [5, 5.41) is 15.3. The maximum absolute atomic E-state index is 12.6. The molecule has 0 aromatic heterocycles. The number of nitrogens with one attached hydrogen (secondary N) is 2. The van der Waals surface area contributed by atoms with Gasteiger partial charge >= 0.3 is 0 Å².